The van der Waals surface area contributed by atoms with E-state index >= 15 is 0 Å². The third-order valence-electron chi connectivity index (χ3n) is 0.477. The molecule has 5 nitrogen and oxygen atoms in total. The molecule has 56 valence electrons. The van der Waals surface area contributed by atoms with E-state index in [0.717, 1.165) is 5.23 Å². The lowest BCUT2D eigenvalue weighted by Crippen LogP contribution is -2.20. The minimum atomic E-state index is -2.55. The van der Waals surface area contributed by atoms with Crippen molar-refractivity contribution in [3.05, 3.63) is 0 Å². The van der Waals surface area contributed by atoms with Gasteiger partial charge in [-0.2, -0.15) is 4.28 Å². The van der Waals surface area contributed by atoms with Crippen LogP contribution in [0.15, 0.2) is 0 Å². The monoisotopic (exact) mass is 154 g/mol. The highest BCUT2D eigenvalue weighted by atomic mass is 32.2. The van der Waals surface area contributed by atoms with Gasteiger partial charge in [-0.25, -0.2) is 4.21 Å². The molecule has 0 radical (unpaired) electrons. The molecule has 0 aliphatic rings. The molecule has 0 aromatic carbocycles. The number of rotatable bonds is 4. The van der Waals surface area contributed by atoms with Crippen LogP contribution in [0.5, 0.6) is 0 Å². The summed E-state index contributed by atoms with van der Waals surface area (Å²) in [6.45, 7) is 2.08. The van der Waals surface area contributed by atoms with Crippen molar-refractivity contribution < 1.29 is 17.9 Å². The summed E-state index contributed by atoms with van der Waals surface area (Å²) in [7, 11) is 1.35. The maximum absolute atomic E-state index is 9.74. The van der Waals surface area contributed by atoms with Gasteiger partial charge in [0.15, 0.2) is 0 Å². The van der Waals surface area contributed by atoms with Crippen molar-refractivity contribution in [3.63, 3.8) is 0 Å². The molecule has 0 aliphatic heterocycles. The first-order chi connectivity index (χ1) is 4.16. The summed E-state index contributed by atoms with van der Waals surface area (Å²) < 4.78 is 23.5. The largest absolute Gasteiger partial charge is 0.748 e. The molecule has 0 amide bonds. The SMILES string of the molecule is CCON(C)OS(=O)[O-]. The molecule has 0 aliphatic carbocycles. The van der Waals surface area contributed by atoms with Crippen molar-refractivity contribution in [2.24, 2.45) is 0 Å². The van der Waals surface area contributed by atoms with Gasteiger partial charge >= 0.3 is 0 Å². The Balaban J connectivity index is 3.26. The summed E-state index contributed by atoms with van der Waals surface area (Å²) in [4.78, 5) is 4.57. The van der Waals surface area contributed by atoms with Gasteiger partial charge in [0.25, 0.3) is 0 Å². The molecular weight excluding hydrogens is 146 g/mol. The first-order valence-corrected chi connectivity index (χ1v) is 3.31. The Kier molecular flexibility index (Phi) is 4.83. The fraction of sp³-hybridized carbons (Fsp3) is 1.00. The molecule has 0 saturated carbocycles. The number of hydrogen-bond acceptors (Lipinski definition) is 5. The first-order valence-electron chi connectivity index (χ1n) is 2.31. The molecule has 6 heteroatoms. The standard InChI is InChI=1S/C3H9NO4S/c1-3-7-4(2)8-9(5)6/h3H2,1-2H3,(H,5,6)/p-1. The van der Waals surface area contributed by atoms with Crippen molar-refractivity contribution in [2.75, 3.05) is 13.7 Å². The highest BCUT2D eigenvalue weighted by molar-refractivity contribution is 7.74. The van der Waals surface area contributed by atoms with Crippen molar-refractivity contribution >= 4 is 11.4 Å². The molecule has 0 aromatic heterocycles. The van der Waals surface area contributed by atoms with Crippen LogP contribution >= 0.6 is 0 Å². The zero-order valence-electron chi connectivity index (χ0n) is 5.20. The van der Waals surface area contributed by atoms with Crippen LogP contribution in [0.3, 0.4) is 0 Å². The van der Waals surface area contributed by atoms with Gasteiger partial charge in [0, 0.05) is 7.05 Å². The summed E-state index contributed by atoms with van der Waals surface area (Å²) >= 11 is -2.55. The average molecular weight is 154 g/mol. The van der Waals surface area contributed by atoms with E-state index in [1.165, 1.54) is 7.05 Å². The molecule has 0 rings (SSSR count). The molecule has 0 spiro atoms. The van der Waals surface area contributed by atoms with Crippen molar-refractivity contribution in [3.8, 4) is 0 Å². The summed E-state index contributed by atoms with van der Waals surface area (Å²) in [6, 6.07) is 0. The predicted octanol–water partition coefficient (Wildman–Crippen LogP) is -0.405. The number of nitrogens with zero attached hydrogens (tertiary/aromatic N) is 1. The Hall–Kier alpha value is -0.0100. The lowest BCUT2D eigenvalue weighted by molar-refractivity contribution is -0.296. The van der Waals surface area contributed by atoms with Gasteiger partial charge in [-0.3, -0.25) is 4.84 Å². The van der Waals surface area contributed by atoms with E-state index < -0.39 is 11.4 Å². The number of hydroxylamine groups is 2. The van der Waals surface area contributed by atoms with Gasteiger partial charge < -0.3 is 4.55 Å². The van der Waals surface area contributed by atoms with E-state index in [4.69, 9.17) is 0 Å². The number of hydrogen-bond donors (Lipinski definition) is 0. The van der Waals surface area contributed by atoms with Crippen LogP contribution in [0, 0.1) is 0 Å². The maximum atomic E-state index is 9.74. The minimum absolute atomic E-state index is 0.369. The van der Waals surface area contributed by atoms with E-state index in [2.05, 4.69) is 9.12 Å². The second kappa shape index (κ2) is 4.83. The second-order valence-electron chi connectivity index (χ2n) is 1.14. The van der Waals surface area contributed by atoms with Gasteiger partial charge in [-0.1, -0.05) is 5.23 Å². The summed E-state index contributed by atoms with van der Waals surface area (Å²) in [5, 5.41) is 0.767. The third-order valence-corrected chi connectivity index (χ3v) is 0.808. The Labute approximate surface area is 56.0 Å². The van der Waals surface area contributed by atoms with Gasteiger partial charge in [-0.05, 0) is 6.92 Å². The quantitative estimate of drug-likeness (QED) is 0.407. The van der Waals surface area contributed by atoms with Crippen LogP contribution in [0.2, 0.25) is 0 Å². The van der Waals surface area contributed by atoms with Crippen LogP contribution in [-0.4, -0.2) is 27.6 Å². The molecule has 0 bridgehead atoms. The van der Waals surface area contributed by atoms with E-state index in [9.17, 15) is 8.76 Å². The van der Waals surface area contributed by atoms with E-state index in [0.29, 0.717) is 6.61 Å². The van der Waals surface area contributed by atoms with Crippen LogP contribution in [-0.2, 0) is 20.5 Å². The smallest absolute Gasteiger partial charge is 0.108 e. The van der Waals surface area contributed by atoms with Crippen molar-refractivity contribution in [1.29, 1.82) is 0 Å². The molecule has 0 fully saturated rings. The van der Waals surface area contributed by atoms with E-state index in [-0.39, 0.29) is 0 Å². The summed E-state index contributed by atoms with van der Waals surface area (Å²) in [5.41, 5.74) is 0. The van der Waals surface area contributed by atoms with Crippen LogP contribution in [0.1, 0.15) is 6.92 Å². The molecule has 1 unspecified atom stereocenters. The summed E-state index contributed by atoms with van der Waals surface area (Å²) in [6.07, 6.45) is 0. The predicted molar refractivity (Wildman–Crippen MR) is 29.4 cm³/mol. The summed E-state index contributed by atoms with van der Waals surface area (Å²) in [5.74, 6) is 0. The van der Waals surface area contributed by atoms with Gasteiger partial charge in [0.05, 0.1) is 6.61 Å². The lowest BCUT2D eigenvalue weighted by atomic mass is 10.9. The Morgan fingerprint density at radius 1 is 1.78 bits per heavy atom. The fourth-order valence-electron chi connectivity index (χ4n) is 0.289. The zero-order valence-corrected chi connectivity index (χ0v) is 6.01. The van der Waals surface area contributed by atoms with E-state index in [1.807, 2.05) is 0 Å². The lowest BCUT2D eigenvalue weighted by Gasteiger charge is -2.14. The molecular formula is C3H8NO4S-. The minimum Gasteiger partial charge on any atom is -0.748 e. The molecule has 9 heavy (non-hydrogen) atoms. The highest BCUT2D eigenvalue weighted by Gasteiger charge is 1.93. The molecule has 0 heterocycles. The molecule has 0 saturated heterocycles. The third kappa shape index (κ3) is 5.87. The van der Waals surface area contributed by atoms with E-state index in [1.54, 1.807) is 6.92 Å². The topological polar surface area (TPSA) is 61.8 Å². The van der Waals surface area contributed by atoms with Crippen LogP contribution in [0.25, 0.3) is 0 Å². The molecule has 0 aromatic rings. The fourth-order valence-corrected chi connectivity index (χ4v) is 0.503. The van der Waals surface area contributed by atoms with Gasteiger partial charge in [0.1, 0.15) is 11.4 Å². The van der Waals surface area contributed by atoms with Crippen molar-refractivity contribution in [2.45, 2.75) is 6.92 Å². The van der Waals surface area contributed by atoms with Crippen LogP contribution < -0.4 is 0 Å². The second-order valence-corrected chi connectivity index (χ2v) is 1.69. The van der Waals surface area contributed by atoms with Gasteiger partial charge in [0.2, 0.25) is 0 Å². The first kappa shape index (κ1) is 8.99. The normalized spacial score (nSPS) is 14.2. The van der Waals surface area contributed by atoms with Crippen LogP contribution in [0.4, 0.5) is 0 Å². The Morgan fingerprint density at radius 3 is 2.67 bits per heavy atom. The average Bonchev–Trinajstić information content (AvgIpc) is 1.63. The maximum Gasteiger partial charge on any atom is 0.108 e. The Morgan fingerprint density at radius 2 is 2.33 bits per heavy atom. The molecule has 1 atom stereocenters. The highest BCUT2D eigenvalue weighted by Crippen LogP contribution is 1.87. The zero-order chi connectivity index (χ0) is 7.28. The molecule has 0 N–H and O–H groups in total. The van der Waals surface area contributed by atoms with Gasteiger partial charge in [-0.15, -0.1) is 0 Å². The van der Waals surface area contributed by atoms with Crippen molar-refractivity contribution in [1.82, 2.24) is 5.23 Å². The Bertz CT molecular complexity index is 97.8.